The summed E-state index contributed by atoms with van der Waals surface area (Å²) in [5, 5.41) is 8.54. The molecule has 2 unspecified atom stereocenters. The molecule has 0 aromatic rings. The average Bonchev–Trinajstić information content (AvgIpc) is 3.33. The predicted molar refractivity (Wildman–Crippen MR) is 105 cm³/mol. The summed E-state index contributed by atoms with van der Waals surface area (Å²) >= 11 is 0. The molecule has 0 aromatic carbocycles. The second kappa shape index (κ2) is 14.9. The van der Waals surface area contributed by atoms with E-state index in [0.29, 0.717) is 18.6 Å². The van der Waals surface area contributed by atoms with Crippen LogP contribution >= 0.6 is 0 Å². The molecule has 3 nitrogen and oxygen atoms in total. The van der Waals surface area contributed by atoms with Crippen molar-refractivity contribution >= 4 is 5.97 Å². The zero-order valence-corrected chi connectivity index (χ0v) is 15.9. The fourth-order valence-corrected chi connectivity index (χ4v) is 2.84. The van der Waals surface area contributed by atoms with Crippen LogP contribution in [-0.4, -0.2) is 23.3 Å². The van der Waals surface area contributed by atoms with E-state index >= 15 is 0 Å². The molecule has 0 spiro atoms. The quantitative estimate of drug-likeness (QED) is 0.205. The first-order valence-electron chi connectivity index (χ1n) is 10.1. The van der Waals surface area contributed by atoms with E-state index in [1.165, 1.54) is 25.7 Å². The van der Waals surface area contributed by atoms with Crippen LogP contribution in [0.5, 0.6) is 0 Å². The van der Waals surface area contributed by atoms with E-state index in [1.807, 2.05) is 0 Å². The second-order valence-corrected chi connectivity index (χ2v) is 6.82. The first kappa shape index (κ1) is 21.7. The number of carboxylic acids is 1. The molecule has 1 heterocycles. The number of epoxide rings is 1. The summed E-state index contributed by atoms with van der Waals surface area (Å²) in [6.45, 7) is 2.24. The highest BCUT2D eigenvalue weighted by atomic mass is 16.6. The Labute approximate surface area is 153 Å². The summed E-state index contributed by atoms with van der Waals surface area (Å²) in [7, 11) is 0. The highest BCUT2D eigenvalue weighted by molar-refractivity contribution is 5.66. The van der Waals surface area contributed by atoms with Crippen molar-refractivity contribution in [1.82, 2.24) is 0 Å². The smallest absolute Gasteiger partial charge is 0.303 e. The lowest BCUT2D eigenvalue weighted by molar-refractivity contribution is -0.137. The van der Waals surface area contributed by atoms with Crippen molar-refractivity contribution < 1.29 is 14.6 Å². The maximum atomic E-state index is 10.4. The Morgan fingerprint density at radius 2 is 1.60 bits per heavy atom. The topological polar surface area (TPSA) is 49.8 Å². The van der Waals surface area contributed by atoms with Crippen LogP contribution in [0.1, 0.15) is 84.0 Å². The minimum Gasteiger partial charge on any atom is -0.481 e. The van der Waals surface area contributed by atoms with Crippen LogP contribution < -0.4 is 0 Å². The number of aliphatic carboxylic acids is 1. The third kappa shape index (κ3) is 13.6. The van der Waals surface area contributed by atoms with E-state index in [9.17, 15) is 4.79 Å². The van der Waals surface area contributed by atoms with Gasteiger partial charge in [-0.25, -0.2) is 0 Å². The van der Waals surface area contributed by atoms with Gasteiger partial charge in [0.25, 0.3) is 0 Å². The number of rotatable bonds is 16. The van der Waals surface area contributed by atoms with Gasteiger partial charge in [0.15, 0.2) is 0 Å². The third-order valence-electron chi connectivity index (χ3n) is 4.45. The number of hydrogen-bond acceptors (Lipinski definition) is 2. The molecule has 25 heavy (non-hydrogen) atoms. The number of unbranched alkanes of at least 4 members (excludes halogenated alkanes) is 5. The normalized spacial score (nSPS) is 20.2. The van der Waals surface area contributed by atoms with Crippen molar-refractivity contribution in [3.63, 3.8) is 0 Å². The zero-order chi connectivity index (χ0) is 18.2. The summed E-state index contributed by atoms with van der Waals surface area (Å²) in [6.07, 6.45) is 26.7. The zero-order valence-electron chi connectivity index (χ0n) is 15.9. The van der Waals surface area contributed by atoms with Crippen molar-refractivity contribution in [2.24, 2.45) is 0 Å². The number of carboxylic acid groups (broad SMARTS) is 1. The Morgan fingerprint density at radius 1 is 0.880 bits per heavy atom. The summed E-state index contributed by atoms with van der Waals surface area (Å²) in [5.41, 5.74) is 0. The molecule has 2 atom stereocenters. The Morgan fingerprint density at radius 3 is 2.32 bits per heavy atom. The molecule has 0 aliphatic carbocycles. The van der Waals surface area contributed by atoms with E-state index in [1.54, 1.807) is 0 Å². The third-order valence-corrected chi connectivity index (χ3v) is 4.45. The standard InChI is InChI=1S/C22H36O3/c1-2-3-14-17-20-21(25-20)18-15-12-10-8-6-4-5-7-9-11-13-16-19-22(23)24/h5-8,12,15,20-21H,2-4,9-11,13-14,16-19H2,1H3,(H,23,24)/b7-5-,8-6-,15-12-. The Hall–Kier alpha value is -1.35. The monoisotopic (exact) mass is 348 g/mol. The minimum atomic E-state index is -0.689. The van der Waals surface area contributed by atoms with Crippen LogP contribution in [-0.2, 0) is 9.53 Å². The number of allylic oxidation sites excluding steroid dienone is 5. The van der Waals surface area contributed by atoms with Gasteiger partial charge in [-0.2, -0.15) is 0 Å². The van der Waals surface area contributed by atoms with E-state index in [0.717, 1.165) is 44.9 Å². The molecule has 1 aliphatic heterocycles. The molecular formula is C22H36O3. The molecule has 0 radical (unpaired) electrons. The lowest BCUT2D eigenvalue weighted by Crippen LogP contribution is -1.93. The van der Waals surface area contributed by atoms with Gasteiger partial charge in [0.05, 0.1) is 12.2 Å². The van der Waals surface area contributed by atoms with Crippen molar-refractivity contribution in [3.05, 3.63) is 36.5 Å². The molecule has 0 amide bonds. The fourth-order valence-electron chi connectivity index (χ4n) is 2.84. The van der Waals surface area contributed by atoms with Gasteiger partial charge >= 0.3 is 5.97 Å². The largest absolute Gasteiger partial charge is 0.481 e. The summed E-state index contributed by atoms with van der Waals surface area (Å²) < 4.78 is 5.67. The van der Waals surface area contributed by atoms with Gasteiger partial charge in [0.2, 0.25) is 0 Å². The van der Waals surface area contributed by atoms with Crippen molar-refractivity contribution in [2.45, 2.75) is 96.2 Å². The minimum absolute atomic E-state index is 0.298. The molecule has 0 saturated carbocycles. The highest BCUT2D eigenvalue weighted by Gasteiger charge is 2.36. The van der Waals surface area contributed by atoms with Crippen LogP contribution in [0.25, 0.3) is 0 Å². The Balaban J connectivity index is 1.87. The van der Waals surface area contributed by atoms with Gasteiger partial charge in [0, 0.05) is 6.42 Å². The fraction of sp³-hybridized carbons (Fsp3) is 0.682. The highest BCUT2D eigenvalue weighted by Crippen LogP contribution is 2.30. The van der Waals surface area contributed by atoms with Crippen molar-refractivity contribution in [3.8, 4) is 0 Å². The van der Waals surface area contributed by atoms with Crippen LogP contribution in [0.3, 0.4) is 0 Å². The van der Waals surface area contributed by atoms with Gasteiger partial charge in [0.1, 0.15) is 0 Å². The van der Waals surface area contributed by atoms with Gasteiger partial charge in [-0.15, -0.1) is 0 Å². The van der Waals surface area contributed by atoms with E-state index in [-0.39, 0.29) is 0 Å². The molecule has 1 fully saturated rings. The second-order valence-electron chi connectivity index (χ2n) is 6.82. The van der Waals surface area contributed by atoms with Crippen LogP contribution in [0.15, 0.2) is 36.5 Å². The molecule has 0 aromatic heterocycles. The van der Waals surface area contributed by atoms with E-state index in [4.69, 9.17) is 9.84 Å². The van der Waals surface area contributed by atoms with Gasteiger partial charge < -0.3 is 9.84 Å². The molecular weight excluding hydrogens is 312 g/mol. The molecule has 142 valence electrons. The molecule has 0 bridgehead atoms. The van der Waals surface area contributed by atoms with Crippen molar-refractivity contribution in [2.75, 3.05) is 0 Å². The summed E-state index contributed by atoms with van der Waals surface area (Å²) in [5.74, 6) is -0.689. The molecule has 1 rings (SSSR count). The maximum Gasteiger partial charge on any atom is 0.303 e. The lowest BCUT2D eigenvalue weighted by Gasteiger charge is -1.94. The first-order chi connectivity index (χ1) is 12.2. The first-order valence-corrected chi connectivity index (χ1v) is 10.1. The Bertz CT molecular complexity index is 423. The number of carbonyl (C=O) groups is 1. The SMILES string of the molecule is CCCCCC1OC1C/C=C\C/C=C\C/C=C\CCCCCC(=O)O. The molecule has 1 N–H and O–H groups in total. The van der Waals surface area contributed by atoms with Gasteiger partial charge in [-0.3, -0.25) is 4.79 Å². The van der Waals surface area contributed by atoms with Gasteiger partial charge in [-0.1, -0.05) is 69.1 Å². The molecule has 3 heteroatoms. The van der Waals surface area contributed by atoms with E-state index < -0.39 is 5.97 Å². The number of hydrogen-bond donors (Lipinski definition) is 1. The summed E-state index contributed by atoms with van der Waals surface area (Å²) in [4.78, 5) is 10.4. The lowest BCUT2D eigenvalue weighted by atomic mass is 10.1. The maximum absolute atomic E-state index is 10.4. The van der Waals surface area contributed by atoms with E-state index in [2.05, 4.69) is 43.4 Å². The van der Waals surface area contributed by atoms with Crippen LogP contribution in [0, 0.1) is 0 Å². The van der Waals surface area contributed by atoms with Crippen LogP contribution in [0.4, 0.5) is 0 Å². The Kier molecular flexibility index (Phi) is 13.0. The molecule has 1 aliphatic rings. The van der Waals surface area contributed by atoms with Crippen LogP contribution in [0.2, 0.25) is 0 Å². The molecule has 1 saturated heterocycles. The average molecular weight is 349 g/mol. The number of ether oxygens (including phenoxy) is 1. The van der Waals surface area contributed by atoms with Crippen molar-refractivity contribution in [1.29, 1.82) is 0 Å². The predicted octanol–water partition coefficient (Wildman–Crippen LogP) is 6.21. The van der Waals surface area contributed by atoms with Gasteiger partial charge in [-0.05, 0) is 44.9 Å². The summed E-state index contributed by atoms with van der Waals surface area (Å²) in [6, 6.07) is 0.